The SMILES string of the molecule is COc1ccc(F)cc1NC(=O)C1CCCN1. The lowest BCUT2D eigenvalue weighted by molar-refractivity contribution is -0.117. The third-order valence-electron chi connectivity index (χ3n) is 2.80. The van der Waals surface area contributed by atoms with E-state index in [9.17, 15) is 9.18 Å². The van der Waals surface area contributed by atoms with E-state index < -0.39 is 5.82 Å². The fourth-order valence-corrected chi connectivity index (χ4v) is 1.91. The largest absolute Gasteiger partial charge is 0.495 e. The van der Waals surface area contributed by atoms with E-state index in [1.165, 1.54) is 25.3 Å². The van der Waals surface area contributed by atoms with Gasteiger partial charge in [0.2, 0.25) is 5.91 Å². The number of benzene rings is 1. The Hall–Kier alpha value is -1.62. The van der Waals surface area contributed by atoms with Crippen LogP contribution in [0, 0.1) is 5.82 Å². The van der Waals surface area contributed by atoms with Crippen molar-refractivity contribution in [3.05, 3.63) is 24.0 Å². The first-order chi connectivity index (χ1) is 8.20. The molecule has 1 aliphatic heterocycles. The summed E-state index contributed by atoms with van der Waals surface area (Å²) in [5.74, 6) is -0.0929. The molecule has 1 unspecified atom stereocenters. The maximum absolute atomic E-state index is 13.1. The van der Waals surface area contributed by atoms with Crippen LogP contribution in [-0.2, 0) is 4.79 Å². The van der Waals surface area contributed by atoms with Gasteiger partial charge in [-0.1, -0.05) is 0 Å². The lowest BCUT2D eigenvalue weighted by Gasteiger charge is -2.13. The molecule has 0 bridgehead atoms. The molecule has 0 aliphatic carbocycles. The smallest absolute Gasteiger partial charge is 0.241 e. The first kappa shape index (κ1) is 11.9. The number of halogens is 1. The first-order valence-corrected chi connectivity index (χ1v) is 5.58. The number of carbonyl (C=O) groups is 1. The number of amides is 1. The van der Waals surface area contributed by atoms with Crippen LogP contribution < -0.4 is 15.4 Å². The molecule has 0 spiro atoms. The molecule has 1 atom stereocenters. The summed E-state index contributed by atoms with van der Waals surface area (Å²) in [6.07, 6.45) is 1.79. The molecule has 1 saturated heterocycles. The maximum atomic E-state index is 13.1. The van der Waals surface area contributed by atoms with Gasteiger partial charge in [-0.15, -0.1) is 0 Å². The second-order valence-corrected chi connectivity index (χ2v) is 3.98. The van der Waals surface area contributed by atoms with Gasteiger partial charge in [0.1, 0.15) is 11.6 Å². The molecule has 5 heteroatoms. The zero-order valence-corrected chi connectivity index (χ0v) is 9.63. The zero-order valence-electron chi connectivity index (χ0n) is 9.63. The number of hydrogen-bond donors (Lipinski definition) is 2. The van der Waals surface area contributed by atoms with E-state index in [4.69, 9.17) is 4.74 Å². The molecule has 1 heterocycles. The molecule has 4 nitrogen and oxygen atoms in total. The highest BCUT2D eigenvalue weighted by atomic mass is 19.1. The Kier molecular flexibility index (Phi) is 3.58. The fraction of sp³-hybridized carbons (Fsp3) is 0.417. The normalized spacial score (nSPS) is 19.1. The lowest BCUT2D eigenvalue weighted by Crippen LogP contribution is -2.35. The van der Waals surface area contributed by atoms with Crippen molar-refractivity contribution < 1.29 is 13.9 Å². The summed E-state index contributed by atoms with van der Waals surface area (Å²) in [5.41, 5.74) is 0.367. The number of hydrogen-bond acceptors (Lipinski definition) is 3. The summed E-state index contributed by atoms with van der Waals surface area (Å²) in [6.45, 7) is 0.846. The molecule has 2 N–H and O–H groups in total. The number of ether oxygens (including phenoxy) is 1. The lowest BCUT2D eigenvalue weighted by atomic mass is 10.2. The van der Waals surface area contributed by atoms with E-state index in [2.05, 4.69) is 10.6 Å². The van der Waals surface area contributed by atoms with Gasteiger partial charge in [0, 0.05) is 6.07 Å². The minimum atomic E-state index is -0.402. The van der Waals surface area contributed by atoms with Crippen molar-refractivity contribution in [2.45, 2.75) is 18.9 Å². The van der Waals surface area contributed by atoms with Crippen LogP contribution in [0.15, 0.2) is 18.2 Å². The van der Waals surface area contributed by atoms with Crippen LogP contribution in [0.1, 0.15) is 12.8 Å². The number of anilines is 1. The monoisotopic (exact) mass is 238 g/mol. The van der Waals surface area contributed by atoms with Gasteiger partial charge in [-0.2, -0.15) is 0 Å². The van der Waals surface area contributed by atoms with Crippen molar-refractivity contribution in [2.24, 2.45) is 0 Å². The molecular formula is C12H15FN2O2. The summed E-state index contributed by atoms with van der Waals surface area (Å²) in [6, 6.07) is 3.85. The topological polar surface area (TPSA) is 50.4 Å². The molecule has 0 saturated carbocycles. The minimum Gasteiger partial charge on any atom is -0.495 e. The highest BCUT2D eigenvalue weighted by Crippen LogP contribution is 2.25. The number of carbonyl (C=O) groups excluding carboxylic acids is 1. The molecule has 0 radical (unpaired) electrons. The molecule has 1 amide bonds. The van der Waals surface area contributed by atoms with Crippen LogP contribution >= 0.6 is 0 Å². The van der Waals surface area contributed by atoms with Crippen LogP contribution in [-0.4, -0.2) is 25.6 Å². The Morgan fingerprint density at radius 2 is 2.41 bits per heavy atom. The second kappa shape index (κ2) is 5.14. The second-order valence-electron chi connectivity index (χ2n) is 3.98. The minimum absolute atomic E-state index is 0.147. The van der Waals surface area contributed by atoms with Crippen molar-refractivity contribution in [3.8, 4) is 5.75 Å². The standard InChI is InChI=1S/C12H15FN2O2/c1-17-11-5-4-8(13)7-10(11)15-12(16)9-3-2-6-14-9/h4-5,7,9,14H,2-3,6H2,1H3,(H,15,16). The Morgan fingerprint density at radius 3 is 3.06 bits per heavy atom. The van der Waals surface area contributed by atoms with E-state index in [1.807, 2.05) is 0 Å². The van der Waals surface area contributed by atoms with Gasteiger partial charge in [-0.3, -0.25) is 4.79 Å². The van der Waals surface area contributed by atoms with Crippen molar-refractivity contribution in [3.63, 3.8) is 0 Å². The van der Waals surface area contributed by atoms with Crippen LogP contribution in [0.3, 0.4) is 0 Å². The van der Waals surface area contributed by atoms with E-state index in [-0.39, 0.29) is 11.9 Å². The van der Waals surface area contributed by atoms with Gasteiger partial charge in [0.25, 0.3) is 0 Å². The Bertz CT molecular complexity index is 417. The fourth-order valence-electron chi connectivity index (χ4n) is 1.91. The summed E-state index contributed by atoms with van der Waals surface area (Å²) >= 11 is 0. The van der Waals surface area contributed by atoms with Crippen LogP contribution in [0.25, 0.3) is 0 Å². The number of methoxy groups -OCH3 is 1. The Balaban J connectivity index is 2.11. The molecule has 1 aromatic rings. The van der Waals surface area contributed by atoms with E-state index in [0.717, 1.165) is 19.4 Å². The molecule has 1 aromatic carbocycles. The molecule has 1 aliphatic rings. The Morgan fingerprint density at radius 1 is 1.59 bits per heavy atom. The molecule has 17 heavy (non-hydrogen) atoms. The summed E-state index contributed by atoms with van der Waals surface area (Å²) < 4.78 is 18.2. The van der Waals surface area contributed by atoms with Crippen molar-refractivity contribution in [2.75, 3.05) is 19.0 Å². The summed E-state index contributed by atoms with van der Waals surface area (Å²) in [5, 5.41) is 5.76. The van der Waals surface area contributed by atoms with E-state index in [0.29, 0.717) is 11.4 Å². The van der Waals surface area contributed by atoms with Crippen LogP contribution in [0.4, 0.5) is 10.1 Å². The summed E-state index contributed by atoms with van der Waals surface area (Å²) in [7, 11) is 1.48. The highest BCUT2D eigenvalue weighted by molar-refractivity contribution is 5.96. The van der Waals surface area contributed by atoms with Gasteiger partial charge >= 0.3 is 0 Å². The third-order valence-corrected chi connectivity index (χ3v) is 2.80. The van der Waals surface area contributed by atoms with Crippen molar-refractivity contribution >= 4 is 11.6 Å². The first-order valence-electron chi connectivity index (χ1n) is 5.58. The van der Waals surface area contributed by atoms with Crippen molar-refractivity contribution in [1.29, 1.82) is 0 Å². The molecule has 0 aromatic heterocycles. The molecule has 92 valence electrons. The third kappa shape index (κ3) is 2.74. The van der Waals surface area contributed by atoms with E-state index >= 15 is 0 Å². The molecule has 2 rings (SSSR count). The van der Waals surface area contributed by atoms with Gasteiger partial charge in [-0.25, -0.2) is 4.39 Å². The van der Waals surface area contributed by atoms with Gasteiger partial charge in [0.05, 0.1) is 18.8 Å². The predicted molar refractivity (Wildman–Crippen MR) is 62.6 cm³/mol. The molecular weight excluding hydrogens is 223 g/mol. The highest BCUT2D eigenvalue weighted by Gasteiger charge is 2.22. The van der Waals surface area contributed by atoms with Crippen LogP contribution in [0.2, 0.25) is 0 Å². The summed E-state index contributed by atoms with van der Waals surface area (Å²) in [4.78, 5) is 11.8. The molecule has 1 fully saturated rings. The number of nitrogens with one attached hydrogen (secondary N) is 2. The average Bonchev–Trinajstić information content (AvgIpc) is 2.83. The van der Waals surface area contributed by atoms with Gasteiger partial charge < -0.3 is 15.4 Å². The maximum Gasteiger partial charge on any atom is 0.241 e. The zero-order chi connectivity index (χ0) is 12.3. The number of rotatable bonds is 3. The van der Waals surface area contributed by atoms with Crippen LogP contribution in [0.5, 0.6) is 5.75 Å². The Labute approximate surface area is 99.2 Å². The van der Waals surface area contributed by atoms with Gasteiger partial charge in [0.15, 0.2) is 0 Å². The average molecular weight is 238 g/mol. The quantitative estimate of drug-likeness (QED) is 0.839. The van der Waals surface area contributed by atoms with E-state index in [1.54, 1.807) is 0 Å². The van der Waals surface area contributed by atoms with Gasteiger partial charge in [-0.05, 0) is 31.5 Å². The van der Waals surface area contributed by atoms with Crippen molar-refractivity contribution in [1.82, 2.24) is 5.32 Å². The predicted octanol–water partition coefficient (Wildman–Crippen LogP) is 1.52.